The van der Waals surface area contributed by atoms with Gasteiger partial charge < -0.3 is 10.4 Å². The SMILES string of the molecule is O=C(O)[C@@H]1CCCN1.[C]. The summed E-state index contributed by atoms with van der Waals surface area (Å²) in [6.07, 6.45) is 1.78. The van der Waals surface area contributed by atoms with Crippen molar-refractivity contribution >= 4 is 5.97 Å². The van der Waals surface area contributed by atoms with Crippen molar-refractivity contribution in [3.8, 4) is 0 Å². The summed E-state index contributed by atoms with van der Waals surface area (Å²) in [7, 11) is 0. The molecule has 3 heteroatoms. The molecular weight excluding hydrogens is 118 g/mol. The van der Waals surface area contributed by atoms with Crippen LogP contribution in [0.2, 0.25) is 0 Å². The summed E-state index contributed by atoms with van der Waals surface area (Å²) in [4.78, 5) is 10.1. The van der Waals surface area contributed by atoms with Gasteiger partial charge in [-0.3, -0.25) is 4.79 Å². The predicted octanol–water partition coefficient (Wildman–Crippen LogP) is -0.0957. The van der Waals surface area contributed by atoms with Gasteiger partial charge in [0.05, 0.1) is 0 Å². The summed E-state index contributed by atoms with van der Waals surface area (Å²) in [5.74, 6) is -0.720. The summed E-state index contributed by atoms with van der Waals surface area (Å²) in [5.41, 5.74) is 0. The number of hydrogen-bond donors (Lipinski definition) is 2. The Labute approximate surface area is 55.1 Å². The van der Waals surface area contributed by atoms with E-state index in [0.717, 1.165) is 19.4 Å². The first kappa shape index (κ1) is 8.43. The second kappa shape index (κ2) is 3.45. The molecule has 0 bridgehead atoms. The molecule has 1 heterocycles. The van der Waals surface area contributed by atoms with Crippen molar-refractivity contribution in [3.05, 3.63) is 7.43 Å². The fraction of sp³-hybridized carbons (Fsp3) is 0.667. The Bertz CT molecular complexity index is 97.2. The van der Waals surface area contributed by atoms with Crippen molar-refractivity contribution in [1.82, 2.24) is 5.32 Å². The highest BCUT2D eigenvalue weighted by molar-refractivity contribution is 5.73. The van der Waals surface area contributed by atoms with Crippen LogP contribution in [0.15, 0.2) is 0 Å². The fourth-order valence-corrected chi connectivity index (χ4v) is 0.895. The van der Waals surface area contributed by atoms with E-state index in [1.807, 2.05) is 0 Å². The van der Waals surface area contributed by atoms with Crippen molar-refractivity contribution < 1.29 is 9.90 Å². The monoisotopic (exact) mass is 127 g/mol. The lowest BCUT2D eigenvalue weighted by molar-refractivity contribution is -0.139. The summed E-state index contributed by atoms with van der Waals surface area (Å²) in [6.45, 7) is 0.858. The molecule has 1 aliphatic rings. The van der Waals surface area contributed by atoms with Crippen LogP contribution in [0.1, 0.15) is 12.8 Å². The normalized spacial score (nSPS) is 25.1. The molecule has 1 rings (SSSR count). The molecule has 2 N–H and O–H groups in total. The van der Waals surface area contributed by atoms with Gasteiger partial charge in [-0.2, -0.15) is 0 Å². The minimum Gasteiger partial charge on any atom is -0.480 e. The molecule has 0 unspecified atom stereocenters. The maximum atomic E-state index is 10.1. The molecule has 1 fully saturated rings. The number of hydrogen-bond acceptors (Lipinski definition) is 2. The first-order chi connectivity index (χ1) is 3.80. The van der Waals surface area contributed by atoms with Crippen molar-refractivity contribution in [2.24, 2.45) is 0 Å². The summed E-state index contributed by atoms with van der Waals surface area (Å²) in [5, 5.41) is 11.2. The van der Waals surface area contributed by atoms with Gasteiger partial charge in [-0.15, -0.1) is 0 Å². The number of nitrogens with one attached hydrogen (secondary N) is 1. The molecule has 4 radical (unpaired) electrons. The maximum absolute atomic E-state index is 10.1. The van der Waals surface area contributed by atoms with Crippen LogP contribution in [0.4, 0.5) is 0 Å². The second-order valence-electron chi connectivity index (χ2n) is 1.99. The van der Waals surface area contributed by atoms with Gasteiger partial charge in [-0.25, -0.2) is 0 Å². The van der Waals surface area contributed by atoms with E-state index >= 15 is 0 Å². The van der Waals surface area contributed by atoms with E-state index in [-0.39, 0.29) is 13.5 Å². The Balaban J connectivity index is 0.000000640. The van der Waals surface area contributed by atoms with E-state index in [1.165, 1.54) is 0 Å². The van der Waals surface area contributed by atoms with Crippen LogP contribution in [-0.4, -0.2) is 23.7 Å². The predicted molar refractivity (Wildman–Crippen MR) is 31.9 cm³/mol. The van der Waals surface area contributed by atoms with E-state index in [9.17, 15) is 4.79 Å². The average molecular weight is 127 g/mol. The molecule has 0 aliphatic carbocycles. The van der Waals surface area contributed by atoms with Crippen molar-refractivity contribution in [2.75, 3.05) is 6.54 Å². The smallest absolute Gasteiger partial charge is 0.320 e. The topological polar surface area (TPSA) is 49.3 Å². The lowest BCUT2D eigenvalue weighted by Gasteiger charge is -1.99. The van der Waals surface area contributed by atoms with Crippen LogP contribution in [0.5, 0.6) is 0 Å². The van der Waals surface area contributed by atoms with E-state index in [4.69, 9.17) is 5.11 Å². The Morgan fingerprint density at radius 2 is 2.33 bits per heavy atom. The Morgan fingerprint density at radius 1 is 1.67 bits per heavy atom. The van der Waals surface area contributed by atoms with Crippen molar-refractivity contribution in [2.45, 2.75) is 18.9 Å². The van der Waals surface area contributed by atoms with Crippen LogP contribution in [-0.2, 0) is 4.79 Å². The molecule has 1 saturated heterocycles. The number of rotatable bonds is 1. The van der Waals surface area contributed by atoms with Crippen LogP contribution < -0.4 is 5.32 Å². The van der Waals surface area contributed by atoms with Crippen molar-refractivity contribution in [3.63, 3.8) is 0 Å². The summed E-state index contributed by atoms with van der Waals surface area (Å²) >= 11 is 0. The molecule has 1 aliphatic heterocycles. The molecular formula is C6H9NO2. The van der Waals surface area contributed by atoms with E-state index in [0.29, 0.717) is 0 Å². The third-order valence-corrected chi connectivity index (χ3v) is 1.36. The van der Waals surface area contributed by atoms with E-state index < -0.39 is 5.97 Å². The highest BCUT2D eigenvalue weighted by Gasteiger charge is 2.20. The molecule has 0 amide bonds. The Kier molecular flexibility index (Phi) is 3.24. The molecule has 9 heavy (non-hydrogen) atoms. The number of aliphatic carboxylic acids is 1. The number of carboxylic acids is 1. The molecule has 0 saturated carbocycles. The average Bonchev–Trinajstić information content (AvgIpc) is 2.12. The highest BCUT2D eigenvalue weighted by atomic mass is 16.4. The van der Waals surface area contributed by atoms with Crippen LogP contribution >= 0.6 is 0 Å². The van der Waals surface area contributed by atoms with Crippen LogP contribution in [0.25, 0.3) is 0 Å². The van der Waals surface area contributed by atoms with Gasteiger partial charge in [0, 0.05) is 7.43 Å². The first-order valence-electron chi connectivity index (χ1n) is 2.77. The first-order valence-corrected chi connectivity index (χ1v) is 2.77. The third kappa shape index (κ3) is 2.01. The molecule has 1 atom stereocenters. The molecule has 50 valence electrons. The minimum absolute atomic E-state index is 0. The van der Waals surface area contributed by atoms with Gasteiger partial charge in [0.2, 0.25) is 0 Å². The van der Waals surface area contributed by atoms with Gasteiger partial charge in [-0.05, 0) is 19.4 Å². The third-order valence-electron chi connectivity index (χ3n) is 1.36. The lowest BCUT2D eigenvalue weighted by atomic mass is 10.2. The zero-order valence-corrected chi connectivity index (χ0v) is 5.05. The van der Waals surface area contributed by atoms with Gasteiger partial charge >= 0.3 is 5.97 Å². The molecule has 0 aromatic carbocycles. The lowest BCUT2D eigenvalue weighted by Crippen LogP contribution is -2.29. The fourth-order valence-electron chi connectivity index (χ4n) is 0.895. The number of carbonyl (C=O) groups is 1. The Hall–Kier alpha value is -0.570. The Morgan fingerprint density at radius 3 is 2.56 bits per heavy atom. The zero-order chi connectivity index (χ0) is 5.98. The van der Waals surface area contributed by atoms with Crippen LogP contribution in [0, 0.1) is 7.43 Å². The molecule has 3 nitrogen and oxygen atoms in total. The second-order valence-corrected chi connectivity index (χ2v) is 1.99. The van der Waals surface area contributed by atoms with E-state index in [1.54, 1.807) is 0 Å². The zero-order valence-electron chi connectivity index (χ0n) is 5.05. The molecule has 0 aromatic heterocycles. The van der Waals surface area contributed by atoms with Gasteiger partial charge in [0.15, 0.2) is 0 Å². The minimum atomic E-state index is -0.720. The van der Waals surface area contributed by atoms with Gasteiger partial charge in [0.25, 0.3) is 0 Å². The number of carboxylic acid groups (broad SMARTS) is 1. The van der Waals surface area contributed by atoms with Crippen molar-refractivity contribution in [1.29, 1.82) is 0 Å². The van der Waals surface area contributed by atoms with Gasteiger partial charge in [-0.1, -0.05) is 0 Å². The largest absolute Gasteiger partial charge is 0.480 e. The van der Waals surface area contributed by atoms with E-state index in [2.05, 4.69) is 5.32 Å². The molecule has 0 spiro atoms. The summed E-state index contributed by atoms with van der Waals surface area (Å²) < 4.78 is 0. The highest BCUT2D eigenvalue weighted by Crippen LogP contribution is 2.03. The quantitative estimate of drug-likeness (QED) is 0.517. The maximum Gasteiger partial charge on any atom is 0.320 e. The standard InChI is InChI=1S/C5H9NO2.C/c7-5(8)4-2-1-3-6-4;/h4,6H,1-3H2,(H,7,8);/t4-;/m0./s1. The summed E-state index contributed by atoms with van der Waals surface area (Å²) in [6, 6.07) is -0.269. The van der Waals surface area contributed by atoms with Crippen LogP contribution in [0.3, 0.4) is 0 Å². The molecule has 0 aromatic rings. The van der Waals surface area contributed by atoms with Gasteiger partial charge in [0.1, 0.15) is 6.04 Å².